The fraction of sp³-hybridized carbons (Fsp3) is 0.364. The van der Waals surface area contributed by atoms with Crippen LogP contribution in [0.3, 0.4) is 0 Å². The summed E-state index contributed by atoms with van der Waals surface area (Å²) in [6.45, 7) is 1.41. The van der Waals surface area contributed by atoms with E-state index in [1.54, 1.807) is 0 Å². The van der Waals surface area contributed by atoms with E-state index in [2.05, 4.69) is 4.74 Å². The van der Waals surface area contributed by atoms with Crippen LogP contribution in [0.1, 0.15) is 18.5 Å². The fourth-order valence-electron chi connectivity index (χ4n) is 1.39. The van der Waals surface area contributed by atoms with Crippen molar-refractivity contribution in [2.45, 2.75) is 19.1 Å². The number of halogens is 5. The van der Waals surface area contributed by atoms with Crippen LogP contribution < -0.4 is 5.73 Å². The van der Waals surface area contributed by atoms with E-state index in [1.807, 2.05) is 0 Å². The first-order valence-corrected chi connectivity index (χ1v) is 5.47. The van der Waals surface area contributed by atoms with Crippen LogP contribution in [-0.4, -0.2) is 18.7 Å². The maximum absolute atomic E-state index is 13.6. The molecule has 0 fully saturated rings. The van der Waals surface area contributed by atoms with Crippen molar-refractivity contribution in [1.29, 1.82) is 0 Å². The SMILES string of the molecule is CCOC(=O)C(F)[C@H](N)c1c(F)cc(Cl)cc1F.Cl. The molecule has 0 saturated heterocycles. The average Bonchev–Trinajstić information content (AvgIpc) is 2.26. The Kier molecular flexibility index (Phi) is 7.18. The molecule has 0 spiro atoms. The molecule has 19 heavy (non-hydrogen) atoms. The number of esters is 1. The van der Waals surface area contributed by atoms with Crippen LogP contribution in [-0.2, 0) is 9.53 Å². The van der Waals surface area contributed by atoms with E-state index in [9.17, 15) is 18.0 Å². The Morgan fingerprint density at radius 1 is 1.42 bits per heavy atom. The number of carbonyl (C=O) groups excluding carboxylic acids is 1. The van der Waals surface area contributed by atoms with Gasteiger partial charge in [0.1, 0.15) is 11.6 Å². The average molecular weight is 318 g/mol. The number of ether oxygens (including phenoxy) is 1. The standard InChI is InChI=1S/C11H11ClF3NO2.ClH/c1-2-18-11(17)9(15)10(16)8-6(13)3-5(12)4-7(8)14;/h3-4,9-10H,2,16H2,1H3;1H/t9?,10-;/m1./s1. The maximum Gasteiger partial charge on any atom is 0.342 e. The maximum atomic E-state index is 13.6. The van der Waals surface area contributed by atoms with Gasteiger partial charge >= 0.3 is 5.97 Å². The Labute approximate surface area is 119 Å². The van der Waals surface area contributed by atoms with Crippen molar-refractivity contribution >= 4 is 30.0 Å². The van der Waals surface area contributed by atoms with Crippen LogP contribution in [0, 0.1) is 11.6 Å². The quantitative estimate of drug-likeness (QED) is 0.869. The molecule has 0 bridgehead atoms. The van der Waals surface area contributed by atoms with Gasteiger partial charge in [-0.3, -0.25) is 0 Å². The molecule has 8 heteroatoms. The molecule has 0 amide bonds. The zero-order valence-corrected chi connectivity index (χ0v) is 11.4. The van der Waals surface area contributed by atoms with Crippen LogP contribution in [0.5, 0.6) is 0 Å². The van der Waals surface area contributed by atoms with Crippen molar-refractivity contribution in [1.82, 2.24) is 0 Å². The molecular weight excluding hydrogens is 306 g/mol. The van der Waals surface area contributed by atoms with Crippen molar-refractivity contribution in [3.05, 3.63) is 34.4 Å². The van der Waals surface area contributed by atoms with Crippen LogP contribution in [0.2, 0.25) is 5.02 Å². The zero-order chi connectivity index (χ0) is 13.9. The monoisotopic (exact) mass is 317 g/mol. The first-order valence-electron chi connectivity index (χ1n) is 5.09. The van der Waals surface area contributed by atoms with Gasteiger partial charge in [-0.2, -0.15) is 0 Å². The lowest BCUT2D eigenvalue weighted by Crippen LogP contribution is -2.32. The van der Waals surface area contributed by atoms with E-state index in [-0.39, 0.29) is 24.0 Å². The van der Waals surface area contributed by atoms with Gasteiger partial charge < -0.3 is 10.5 Å². The van der Waals surface area contributed by atoms with E-state index in [4.69, 9.17) is 17.3 Å². The van der Waals surface area contributed by atoms with E-state index >= 15 is 0 Å². The summed E-state index contributed by atoms with van der Waals surface area (Å²) in [4.78, 5) is 11.1. The number of carbonyl (C=O) groups is 1. The fourth-order valence-corrected chi connectivity index (χ4v) is 1.58. The van der Waals surface area contributed by atoms with Crippen molar-refractivity contribution in [2.75, 3.05) is 6.61 Å². The van der Waals surface area contributed by atoms with E-state index < -0.39 is 35.4 Å². The highest BCUT2D eigenvalue weighted by molar-refractivity contribution is 6.30. The minimum absolute atomic E-state index is 0. The number of rotatable bonds is 4. The molecule has 0 heterocycles. The molecule has 0 saturated carbocycles. The van der Waals surface area contributed by atoms with E-state index in [0.717, 1.165) is 12.1 Å². The highest BCUT2D eigenvalue weighted by Crippen LogP contribution is 2.26. The van der Waals surface area contributed by atoms with Gasteiger partial charge in [0.25, 0.3) is 0 Å². The first kappa shape index (κ1) is 18.0. The first-order chi connectivity index (χ1) is 8.38. The second-order valence-corrected chi connectivity index (χ2v) is 3.90. The van der Waals surface area contributed by atoms with Crippen molar-refractivity contribution < 1.29 is 22.7 Å². The molecule has 0 aliphatic heterocycles. The molecule has 0 aromatic heterocycles. The molecule has 3 nitrogen and oxygen atoms in total. The molecule has 0 aliphatic carbocycles. The summed E-state index contributed by atoms with van der Waals surface area (Å²) in [7, 11) is 0. The summed E-state index contributed by atoms with van der Waals surface area (Å²) in [5.41, 5.74) is 4.59. The predicted octanol–water partition coefficient (Wildman–Crippen LogP) is 2.94. The second-order valence-electron chi connectivity index (χ2n) is 3.46. The van der Waals surface area contributed by atoms with Gasteiger partial charge in [0.05, 0.1) is 12.6 Å². The highest BCUT2D eigenvalue weighted by Gasteiger charge is 2.32. The Balaban J connectivity index is 0.00000324. The molecule has 108 valence electrons. The van der Waals surface area contributed by atoms with Crippen LogP contribution in [0.4, 0.5) is 13.2 Å². The lowest BCUT2D eigenvalue weighted by atomic mass is 10.0. The molecular formula is C11H12Cl2F3NO2. The predicted molar refractivity (Wildman–Crippen MR) is 67.1 cm³/mol. The van der Waals surface area contributed by atoms with Gasteiger partial charge in [0.2, 0.25) is 6.17 Å². The van der Waals surface area contributed by atoms with Gasteiger partial charge in [-0.15, -0.1) is 12.4 Å². The third-order valence-electron chi connectivity index (χ3n) is 2.20. The number of benzene rings is 1. The van der Waals surface area contributed by atoms with Gasteiger partial charge in [0, 0.05) is 10.6 Å². The third-order valence-corrected chi connectivity index (χ3v) is 2.42. The molecule has 1 aromatic carbocycles. The molecule has 1 unspecified atom stereocenters. The normalized spacial score (nSPS) is 13.4. The van der Waals surface area contributed by atoms with Gasteiger partial charge in [-0.25, -0.2) is 18.0 Å². The summed E-state index contributed by atoms with van der Waals surface area (Å²) >= 11 is 5.41. The topological polar surface area (TPSA) is 52.3 Å². The van der Waals surface area contributed by atoms with E-state index in [0.29, 0.717) is 0 Å². The lowest BCUT2D eigenvalue weighted by molar-refractivity contribution is -0.150. The third kappa shape index (κ3) is 4.26. The number of alkyl halides is 1. The Bertz CT molecular complexity index is 437. The minimum atomic E-state index is -2.35. The molecule has 1 rings (SSSR count). The van der Waals surface area contributed by atoms with Crippen LogP contribution >= 0.6 is 24.0 Å². The molecule has 2 atom stereocenters. The lowest BCUT2D eigenvalue weighted by Gasteiger charge is -2.17. The zero-order valence-electron chi connectivity index (χ0n) is 9.83. The summed E-state index contributed by atoms with van der Waals surface area (Å²) in [6.07, 6.45) is -2.35. The molecule has 0 aliphatic rings. The van der Waals surface area contributed by atoms with E-state index in [1.165, 1.54) is 6.92 Å². The number of hydrogen-bond acceptors (Lipinski definition) is 3. The summed E-state index contributed by atoms with van der Waals surface area (Å²) in [6, 6.07) is -0.212. The van der Waals surface area contributed by atoms with Crippen molar-refractivity contribution in [2.24, 2.45) is 5.73 Å². The van der Waals surface area contributed by atoms with Crippen LogP contribution in [0.15, 0.2) is 12.1 Å². The van der Waals surface area contributed by atoms with Crippen molar-refractivity contribution in [3.63, 3.8) is 0 Å². The summed E-state index contributed by atoms with van der Waals surface area (Å²) < 4.78 is 44.8. The number of nitrogens with two attached hydrogens (primary N) is 1. The second kappa shape index (κ2) is 7.57. The molecule has 0 radical (unpaired) electrons. The molecule has 2 N–H and O–H groups in total. The Morgan fingerprint density at radius 3 is 2.32 bits per heavy atom. The molecule has 1 aromatic rings. The smallest absolute Gasteiger partial charge is 0.342 e. The van der Waals surface area contributed by atoms with Gasteiger partial charge in [0.15, 0.2) is 0 Å². The minimum Gasteiger partial charge on any atom is -0.464 e. The number of hydrogen-bond donors (Lipinski definition) is 1. The van der Waals surface area contributed by atoms with Crippen molar-refractivity contribution in [3.8, 4) is 0 Å². The Hall–Kier alpha value is -0.980. The van der Waals surface area contributed by atoms with Crippen LogP contribution in [0.25, 0.3) is 0 Å². The summed E-state index contributed by atoms with van der Waals surface area (Å²) in [5, 5.41) is -0.188. The largest absolute Gasteiger partial charge is 0.464 e. The van der Waals surface area contributed by atoms with Gasteiger partial charge in [-0.05, 0) is 19.1 Å². The van der Waals surface area contributed by atoms with Gasteiger partial charge in [-0.1, -0.05) is 11.6 Å². The summed E-state index contributed by atoms with van der Waals surface area (Å²) in [5.74, 6) is -3.49. The Morgan fingerprint density at radius 2 is 1.89 bits per heavy atom. The highest BCUT2D eigenvalue weighted by atomic mass is 35.5.